The third-order valence-corrected chi connectivity index (χ3v) is 3.52. The number of benzene rings is 2. The number of carbonyl (C=O) groups is 2. The van der Waals surface area contributed by atoms with Gasteiger partial charge in [-0.15, -0.1) is 0 Å². The summed E-state index contributed by atoms with van der Waals surface area (Å²) in [5.74, 6) is -1.19. The van der Waals surface area contributed by atoms with Gasteiger partial charge < -0.3 is 20.3 Å². The van der Waals surface area contributed by atoms with Crippen LogP contribution in [0.4, 0.5) is 0 Å². The van der Waals surface area contributed by atoms with Gasteiger partial charge in [-0.3, -0.25) is 4.79 Å². The summed E-state index contributed by atoms with van der Waals surface area (Å²) >= 11 is 0. The summed E-state index contributed by atoms with van der Waals surface area (Å²) < 4.78 is 4.72. The number of aliphatic hydroxyl groups excluding tert-OH is 1. The molecule has 6 nitrogen and oxygen atoms in total. The Morgan fingerprint density at radius 3 is 2.29 bits per heavy atom. The van der Waals surface area contributed by atoms with Gasteiger partial charge in [0.2, 0.25) is 5.91 Å². The Kier molecular flexibility index (Phi) is 5.92. The fourth-order valence-corrected chi connectivity index (χ4v) is 2.23. The number of hydrogen-bond acceptors (Lipinski definition) is 5. The molecule has 0 heterocycles. The molecule has 2 aromatic rings. The van der Waals surface area contributed by atoms with Crippen molar-refractivity contribution in [3.05, 3.63) is 65.7 Å². The van der Waals surface area contributed by atoms with Gasteiger partial charge in [-0.05, 0) is 23.3 Å². The maximum absolute atomic E-state index is 12.2. The first-order valence-electron chi connectivity index (χ1n) is 7.40. The number of ether oxygens (including phenoxy) is 1. The average Bonchev–Trinajstić information content (AvgIpc) is 2.61. The monoisotopic (exact) mass is 329 g/mol. The van der Waals surface area contributed by atoms with Crippen molar-refractivity contribution in [2.75, 3.05) is 7.11 Å². The van der Waals surface area contributed by atoms with Crippen molar-refractivity contribution in [3.63, 3.8) is 0 Å². The van der Waals surface area contributed by atoms with Crippen molar-refractivity contribution in [1.29, 1.82) is 0 Å². The molecule has 0 saturated heterocycles. The third-order valence-electron chi connectivity index (χ3n) is 3.52. The molecule has 0 aromatic heterocycles. The lowest BCUT2D eigenvalue weighted by molar-refractivity contribution is -0.146. The number of carbonyl (C=O) groups excluding carboxylic acids is 2. The van der Waals surface area contributed by atoms with E-state index in [9.17, 15) is 19.8 Å². The Hall–Kier alpha value is -2.86. The molecule has 0 aliphatic rings. The molecule has 0 fully saturated rings. The van der Waals surface area contributed by atoms with Gasteiger partial charge in [0.25, 0.3) is 0 Å². The molecule has 0 bridgehead atoms. The fourth-order valence-electron chi connectivity index (χ4n) is 2.23. The van der Waals surface area contributed by atoms with Crippen LogP contribution in [0.5, 0.6) is 5.75 Å². The van der Waals surface area contributed by atoms with Crippen molar-refractivity contribution in [1.82, 2.24) is 5.32 Å². The molecule has 2 atom stereocenters. The van der Waals surface area contributed by atoms with Crippen molar-refractivity contribution in [3.8, 4) is 5.75 Å². The van der Waals surface area contributed by atoms with Gasteiger partial charge >= 0.3 is 5.97 Å². The van der Waals surface area contributed by atoms with Gasteiger partial charge in [0.15, 0.2) is 6.04 Å². The van der Waals surface area contributed by atoms with Crippen LogP contribution < -0.4 is 5.32 Å². The summed E-state index contributed by atoms with van der Waals surface area (Å²) in [6, 6.07) is 13.8. The minimum absolute atomic E-state index is 0.0643. The average molecular weight is 329 g/mol. The van der Waals surface area contributed by atoms with Crippen LogP contribution in [0.3, 0.4) is 0 Å². The van der Waals surface area contributed by atoms with Crippen molar-refractivity contribution < 1.29 is 24.5 Å². The molecule has 0 unspecified atom stereocenters. The number of esters is 1. The summed E-state index contributed by atoms with van der Waals surface area (Å²) in [5.41, 5.74) is 1.25. The van der Waals surface area contributed by atoms with Gasteiger partial charge in [0, 0.05) is 6.42 Å². The Bertz CT molecular complexity index is 684. The van der Waals surface area contributed by atoms with Gasteiger partial charge in [-0.1, -0.05) is 42.5 Å². The van der Waals surface area contributed by atoms with Crippen molar-refractivity contribution in [2.45, 2.75) is 18.6 Å². The zero-order chi connectivity index (χ0) is 17.5. The largest absolute Gasteiger partial charge is 0.508 e. The first-order chi connectivity index (χ1) is 11.5. The van der Waals surface area contributed by atoms with Crippen LogP contribution in [-0.4, -0.2) is 35.3 Å². The highest BCUT2D eigenvalue weighted by Gasteiger charge is 2.26. The molecule has 2 aromatic carbocycles. The van der Waals surface area contributed by atoms with E-state index in [4.69, 9.17) is 4.74 Å². The highest BCUT2D eigenvalue weighted by atomic mass is 16.5. The number of hydrogen-bond donors (Lipinski definition) is 3. The van der Waals surface area contributed by atoms with E-state index in [2.05, 4.69) is 5.32 Å². The molecular weight excluding hydrogens is 310 g/mol. The van der Waals surface area contributed by atoms with E-state index >= 15 is 0 Å². The lowest BCUT2D eigenvalue weighted by Crippen LogP contribution is -2.41. The van der Waals surface area contributed by atoms with E-state index in [0.717, 1.165) is 0 Å². The second kappa shape index (κ2) is 8.12. The SMILES string of the molecule is COC(=O)[C@@H](NC(=O)[C@H](O)Cc1ccc(O)cc1)c1ccccc1. The van der Waals surface area contributed by atoms with Crippen LogP contribution in [0.15, 0.2) is 54.6 Å². The first-order valence-corrected chi connectivity index (χ1v) is 7.40. The van der Waals surface area contributed by atoms with E-state index in [1.54, 1.807) is 42.5 Å². The number of phenols is 1. The third kappa shape index (κ3) is 4.57. The summed E-state index contributed by atoms with van der Waals surface area (Å²) in [4.78, 5) is 24.1. The van der Waals surface area contributed by atoms with Gasteiger partial charge in [0.05, 0.1) is 7.11 Å². The molecule has 0 aliphatic heterocycles. The van der Waals surface area contributed by atoms with E-state index in [0.29, 0.717) is 11.1 Å². The van der Waals surface area contributed by atoms with Crippen LogP contribution in [0, 0.1) is 0 Å². The zero-order valence-corrected chi connectivity index (χ0v) is 13.2. The second-order valence-electron chi connectivity index (χ2n) is 5.26. The molecule has 24 heavy (non-hydrogen) atoms. The zero-order valence-electron chi connectivity index (χ0n) is 13.2. The predicted molar refractivity (Wildman–Crippen MR) is 87.2 cm³/mol. The molecule has 0 radical (unpaired) electrons. The topological polar surface area (TPSA) is 95.9 Å². The number of amides is 1. The van der Waals surface area contributed by atoms with Gasteiger partial charge in [-0.25, -0.2) is 4.79 Å². The maximum Gasteiger partial charge on any atom is 0.333 e. The number of aliphatic hydroxyl groups is 1. The van der Waals surface area contributed by atoms with Crippen LogP contribution >= 0.6 is 0 Å². The molecule has 0 saturated carbocycles. The van der Waals surface area contributed by atoms with Crippen LogP contribution in [0.2, 0.25) is 0 Å². The number of phenolic OH excluding ortho intramolecular Hbond substituents is 1. The Labute approximate surface area is 139 Å². The summed E-state index contributed by atoms with van der Waals surface area (Å²) in [7, 11) is 1.23. The van der Waals surface area contributed by atoms with Crippen molar-refractivity contribution >= 4 is 11.9 Å². The fraction of sp³-hybridized carbons (Fsp3) is 0.222. The van der Waals surface area contributed by atoms with Gasteiger partial charge in [0.1, 0.15) is 11.9 Å². The van der Waals surface area contributed by atoms with Crippen LogP contribution in [0.25, 0.3) is 0 Å². The highest BCUT2D eigenvalue weighted by molar-refractivity contribution is 5.87. The molecule has 6 heteroatoms. The predicted octanol–water partition coefficient (Wildman–Crippen LogP) is 1.33. The van der Waals surface area contributed by atoms with E-state index in [1.165, 1.54) is 19.2 Å². The molecule has 3 N–H and O–H groups in total. The highest BCUT2D eigenvalue weighted by Crippen LogP contribution is 2.15. The summed E-state index contributed by atoms with van der Waals surface area (Å²) in [5, 5.41) is 21.8. The minimum atomic E-state index is -1.33. The smallest absolute Gasteiger partial charge is 0.333 e. The Morgan fingerprint density at radius 1 is 1.08 bits per heavy atom. The number of aromatic hydroxyl groups is 1. The molecule has 2 rings (SSSR count). The first kappa shape index (κ1) is 17.5. The van der Waals surface area contributed by atoms with E-state index in [1.807, 2.05) is 0 Å². The second-order valence-corrected chi connectivity index (χ2v) is 5.26. The molecule has 0 spiro atoms. The lowest BCUT2D eigenvalue weighted by Gasteiger charge is -2.19. The number of rotatable bonds is 6. The van der Waals surface area contributed by atoms with Crippen LogP contribution in [0.1, 0.15) is 17.2 Å². The molecule has 0 aliphatic carbocycles. The quantitative estimate of drug-likeness (QED) is 0.695. The van der Waals surface area contributed by atoms with E-state index < -0.39 is 24.0 Å². The molecular formula is C18H19NO5. The van der Waals surface area contributed by atoms with Gasteiger partial charge in [-0.2, -0.15) is 0 Å². The molecule has 126 valence electrons. The summed E-state index contributed by atoms with van der Waals surface area (Å²) in [6.45, 7) is 0. The number of nitrogens with one attached hydrogen (secondary N) is 1. The lowest BCUT2D eigenvalue weighted by atomic mass is 10.0. The van der Waals surface area contributed by atoms with E-state index in [-0.39, 0.29) is 12.2 Å². The summed E-state index contributed by atoms with van der Waals surface area (Å²) in [6.07, 6.45) is -1.26. The normalized spacial score (nSPS) is 12.9. The number of methoxy groups -OCH3 is 1. The maximum atomic E-state index is 12.2. The molecule has 1 amide bonds. The van der Waals surface area contributed by atoms with Crippen LogP contribution in [-0.2, 0) is 20.7 Å². The standard InChI is InChI=1S/C18H19NO5/c1-24-18(23)16(13-5-3-2-4-6-13)19-17(22)15(21)11-12-7-9-14(20)10-8-12/h2-10,15-16,20-21H,11H2,1H3,(H,19,22)/t15-,16+/m1/s1. The Balaban J connectivity index is 2.06. The Morgan fingerprint density at radius 2 is 1.71 bits per heavy atom. The minimum Gasteiger partial charge on any atom is -0.508 e. The van der Waals surface area contributed by atoms with Crippen molar-refractivity contribution in [2.24, 2.45) is 0 Å².